The lowest BCUT2D eigenvalue weighted by molar-refractivity contribution is -0.117. The highest BCUT2D eigenvalue weighted by Crippen LogP contribution is 2.38. The Labute approximate surface area is 170 Å². The first kappa shape index (κ1) is 20.1. The zero-order chi connectivity index (χ0) is 21.1. The van der Waals surface area contributed by atoms with Crippen LogP contribution >= 0.6 is 0 Å². The summed E-state index contributed by atoms with van der Waals surface area (Å²) in [5, 5.41) is 0. The number of fused-ring (bicyclic) bond motifs is 3. The van der Waals surface area contributed by atoms with E-state index in [4.69, 9.17) is 17.2 Å². The van der Waals surface area contributed by atoms with Crippen LogP contribution in [0.5, 0.6) is 0 Å². The molecule has 6 N–H and O–H groups in total. The maximum Gasteiger partial charge on any atom is 0.152 e. The molecule has 3 aromatic rings. The number of Topliss-reactive ketones (excluding diaryl/α,β-unsaturated/α-hetero) is 1. The van der Waals surface area contributed by atoms with Crippen molar-refractivity contribution in [1.29, 1.82) is 0 Å². The molecule has 5 heteroatoms. The minimum Gasteiger partial charge on any atom is -0.399 e. The van der Waals surface area contributed by atoms with Crippen molar-refractivity contribution in [3.63, 3.8) is 0 Å². The second-order valence-electron chi connectivity index (χ2n) is 7.38. The predicted octanol–water partition coefficient (Wildman–Crippen LogP) is 3.88. The third-order valence-electron chi connectivity index (χ3n) is 5.03. The van der Waals surface area contributed by atoms with Crippen molar-refractivity contribution < 1.29 is 9.59 Å². The minimum atomic E-state index is 0.208. The molecule has 1 aliphatic rings. The van der Waals surface area contributed by atoms with Crippen molar-refractivity contribution in [2.75, 3.05) is 17.2 Å². The molecule has 0 radical (unpaired) electrons. The number of aldehydes is 1. The summed E-state index contributed by atoms with van der Waals surface area (Å²) in [5.74, 6) is 0.208. The molecule has 0 bridgehead atoms. The van der Waals surface area contributed by atoms with Gasteiger partial charge in [-0.2, -0.15) is 0 Å². The minimum absolute atomic E-state index is 0.208. The number of hydrogen-bond donors (Lipinski definition) is 3. The first-order valence-electron chi connectivity index (χ1n) is 9.40. The van der Waals surface area contributed by atoms with Crippen LogP contribution in [-0.2, 0) is 17.6 Å². The number of nitrogens with two attached hydrogens (primary N) is 3. The van der Waals surface area contributed by atoms with Crippen LogP contribution in [0.15, 0.2) is 48.5 Å². The fraction of sp³-hybridized carbons (Fsp3) is 0.167. The molecule has 0 spiro atoms. The lowest BCUT2D eigenvalue weighted by atomic mass is 9.89. The summed E-state index contributed by atoms with van der Waals surface area (Å²) >= 11 is 0. The van der Waals surface area contributed by atoms with Gasteiger partial charge in [0.2, 0.25) is 0 Å². The van der Waals surface area contributed by atoms with Crippen molar-refractivity contribution >= 4 is 29.1 Å². The molecule has 5 nitrogen and oxygen atoms in total. The Bertz CT molecular complexity index is 1040. The van der Waals surface area contributed by atoms with E-state index in [1.165, 1.54) is 0 Å². The van der Waals surface area contributed by atoms with E-state index in [0.717, 1.165) is 39.7 Å². The Balaban J connectivity index is 0.000000224. The zero-order valence-electron chi connectivity index (χ0n) is 16.7. The van der Waals surface area contributed by atoms with Crippen LogP contribution in [0.3, 0.4) is 0 Å². The molecule has 0 fully saturated rings. The van der Waals surface area contributed by atoms with Gasteiger partial charge in [-0.25, -0.2) is 0 Å². The third kappa shape index (κ3) is 4.29. The molecule has 1 aliphatic carbocycles. The average molecular weight is 387 g/mol. The number of nitrogen functional groups attached to an aromatic ring is 3. The molecular formula is C24H25N3O2. The van der Waals surface area contributed by atoms with Crippen molar-refractivity contribution in [2.24, 2.45) is 0 Å². The number of ketones is 1. The number of carbonyl (C=O) groups is 2. The van der Waals surface area contributed by atoms with E-state index in [1.807, 2.05) is 38.1 Å². The van der Waals surface area contributed by atoms with Crippen molar-refractivity contribution in [1.82, 2.24) is 0 Å². The van der Waals surface area contributed by atoms with Crippen molar-refractivity contribution in [3.8, 4) is 11.1 Å². The highest BCUT2D eigenvalue weighted by molar-refractivity contribution is 5.93. The number of anilines is 3. The molecule has 0 saturated heterocycles. The van der Waals surface area contributed by atoms with Gasteiger partial charge in [-0.3, -0.25) is 9.59 Å². The van der Waals surface area contributed by atoms with Gasteiger partial charge in [0.1, 0.15) is 5.78 Å². The van der Waals surface area contributed by atoms with Crippen LogP contribution in [0.4, 0.5) is 17.1 Å². The summed E-state index contributed by atoms with van der Waals surface area (Å²) in [6.45, 7) is 4.09. The number of aryl methyl sites for hydroxylation is 2. The van der Waals surface area contributed by atoms with Crippen LogP contribution in [0.25, 0.3) is 11.1 Å². The summed E-state index contributed by atoms with van der Waals surface area (Å²) in [6, 6.07) is 14.7. The zero-order valence-corrected chi connectivity index (χ0v) is 16.7. The summed E-state index contributed by atoms with van der Waals surface area (Å²) in [4.78, 5) is 22.3. The summed E-state index contributed by atoms with van der Waals surface area (Å²) in [6.07, 6.45) is 1.62. The van der Waals surface area contributed by atoms with Gasteiger partial charge < -0.3 is 17.2 Å². The molecule has 0 heterocycles. The van der Waals surface area contributed by atoms with Crippen LogP contribution in [0.1, 0.15) is 32.6 Å². The molecule has 4 rings (SSSR count). The smallest absolute Gasteiger partial charge is 0.152 e. The topological polar surface area (TPSA) is 112 Å². The Kier molecular flexibility index (Phi) is 5.69. The van der Waals surface area contributed by atoms with Crippen molar-refractivity contribution in [3.05, 3.63) is 76.3 Å². The van der Waals surface area contributed by atoms with Crippen LogP contribution in [-0.4, -0.2) is 12.1 Å². The molecule has 3 aromatic carbocycles. The Morgan fingerprint density at radius 3 is 1.69 bits per heavy atom. The second-order valence-corrected chi connectivity index (χ2v) is 7.38. The first-order valence-corrected chi connectivity index (χ1v) is 9.40. The number of para-hydroxylation sites is 1. The number of benzene rings is 3. The summed E-state index contributed by atoms with van der Waals surface area (Å²) in [7, 11) is 0. The Morgan fingerprint density at radius 2 is 1.28 bits per heavy atom. The molecule has 0 aromatic heterocycles. The highest BCUT2D eigenvalue weighted by atomic mass is 16.1. The number of hydrogen-bond acceptors (Lipinski definition) is 5. The molecule has 0 aliphatic heterocycles. The van der Waals surface area contributed by atoms with Gasteiger partial charge in [0.15, 0.2) is 6.29 Å². The van der Waals surface area contributed by atoms with E-state index in [1.54, 1.807) is 24.3 Å². The lowest BCUT2D eigenvalue weighted by Crippen LogP contribution is -2.05. The van der Waals surface area contributed by atoms with E-state index >= 15 is 0 Å². The van der Waals surface area contributed by atoms with E-state index in [-0.39, 0.29) is 5.78 Å². The molecule has 0 unspecified atom stereocenters. The van der Waals surface area contributed by atoms with E-state index < -0.39 is 0 Å². The SMILES string of the molecule is Cc1cc(N)cc2c1-c1c(C)cc(N)cc1CC(=O)C2.Nc1ccccc1C=O. The number of rotatable bonds is 1. The summed E-state index contributed by atoms with van der Waals surface area (Å²) in [5.41, 5.74) is 26.4. The van der Waals surface area contributed by atoms with Gasteiger partial charge in [0, 0.05) is 35.5 Å². The number of carbonyl (C=O) groups excluding carboxylic acids is 2. The molecule has 0 atom stereocenters. The monoisotopic (exact) mass is 387 g/mol. The van der Waals surface area contributed by atoms with Crippen molar-refractivity contribution in [2.45, 2.75) is 26.7 Å². The van der Waals surface area contributed by atoms with Crippen LogP contribution < -0.4 is 17.2 Å². The van der Waals surface area contributed by atoms with Gasteiger partial charge in [0.25, 0.3) is 0 Å². The van der Waals surface area contributed by atoms with E-state index in [0.29, 0.717) is 35.5 Å². The fourth-order valence-electron chi connectivity index (χ4n) is 3.88. The molecular weight excluding hydrogens is 362 g/mol. The maximum absolute atomic E-state index is 12.2. The quantitative estimate of drug-likeness (QED) is 0.433. The fourth-order valence-corrected chi connectivity index (χ4v) is 3.88. The van der Waals surface area contributed by atoms with Gasteiger partial charge in [-0.15, -0.1) is 0 Å². The van der Waals surface area contributed by atoms with Gasteiger partial charge >= 0.3 is 0 Å². The van der Waals surface area contributed by atoms with Gasteiger partial charge in [0.05, 0.1) is 0 Å². The second kappa shape index (κ2) is 8.19. The van der Waals surface area contributed by atoms with Gasteiger partial charge in [-0.1, -0.05) is 12.1 Å². The highest BCUT2D eigenvalue weighted by Gasteiger charge is 2.22. The van der Waals surface area contributed by atoms with Crippen LogP contribution in [0, 0.1) is 13.8 Å². The normalized spacial score (nSPS) is 12.1. The maximum atomic E-state index is 12.2. The largest absolute Gasteiger partial charge is 0.399 e. The molecule has 0 amide bonds. The Hall–Kier alpha value is -3.60. The molecule has 148 valence electrons. The molecule has 29 heavy (non-hydrogen) atoms. The van der Waals surface area contributed by atoms with Gasteiger partial charge in [-0.05, 0) is 83.6 Å². The van der Waals surface area contributed by atoms with E-state index in [2.05, 4.69) is 0 Å². The van der Waals surface area contributed by atoms with E-state index in [9.17, 15) is 9.59 Å². The third-order valence-corrected chi connectivity index (χ3v) is 5.03. The van der Waals surface area contributed by atoms with Crippen LogP contribution in [0.2, 0.25) is 0 Å². The first-order chi connectivity index (χ1) is 13.8. The standard InChI is InChI=1S/C17H18N2O.C7H7NO/c1-9-3-13(18)5-11-7-15(20)8-12-6-14(19)4-10(2)17(12)16(9)11;8-7-4-2-1-3-6(7)5-9/h3-6H,7-8,18-19H2,1-2H3;1-5H,8H2. The summed E-state index contributed by atoms with van der Waals surface area (Å²) < 4.78 is 0. The molecule has 0 saturated carbocycles. The average Bonchev–Trinajstić information content (AvgIpc) is 2.77. The Morgan fingerprint density at radius 1 is 0.793 bits per heavy atom. The lowest BCUT2D eigenvalue weighted by Gasteiger charge is -2.16. The predicted molar refractivity (Wildman–Crippen MR) is 119 cm³/mol.